The largest absolute Gasteiger partial charge is 0.307 e. The van der Waals surface area contributed by atoms with Crippen LogP contribution >= 0.6 is 11.6 Å². The zero-order valence-electron chi connectivity index (χ0n) is 14.2. The summed E-state index contributed by atoms with van der Waals surface area (Å²) >= 11 is 6.11. The Bertz CT molecular complexity index is 1000. The number of anilines is 1. The van der Waals surface area contributed by atoms with Gasteiger partial charge < -0.3 is 4.90 Å². The van der Waals surface area contributed by atoms with Gasteiger partial charge in [0.15, 0.2) is 0 Å². The number of para-hydroxylation sites is 1. The van der Waals surface area contributed by atoms with Crippen molar-refractivity contribution in [3.05, 3.63) is 71.4 Å². The highest BCUT2D eigenvalue weighted by Gasteiger charge is 2.49. The molecule has 0 aliphatic carbocycles. The third kappa shape index (κ3) is 2.49. The van der Waals surface area contributed by atoms with E-state index in [2.05, 4.69) is 34.1 Å². The van der Waals surface area contributed by atoms with Crippen LogP contribution < -0.4 is 4.90 Å². The van der Waals surface area contributed by atoms with E-state index < -0.39 is 0 Å². The molecule has 1 aromatic heterocycles. The molecule has 0 N–H and O–H groups in total. The number of benzene rings is 2. The first-order valence-corrected chi connectivity index (χ1v) is 9.24. The van der Waals surface area contributed by atoms with Crippen LogP contribution in [0.1, 0.15) is 12.0 Å². The third-order valence-corrected chi connectivity index (χ3v) is 5.68. The van der Waals surface area contributed by atoms with Crippen LogP contribution in [0.2, 0.25) is 5.02 Å². The first kappa shape index (κ1) is 15.8. The summed E-state index contributed by atoms with van der Waals surface area (Å²) in [6.07, 6.45) is 2.71. The van der Waals surface area contributed by atoms with Gasteiger partial charge in [-0.05, 0) is 36.2 Å². The zero-order valence-corrected chi connectivity index (χ0v) is 14.9. The maximum Gasteiger partial charge on any atom is 0.244 e. The molecule has 26 heavy (non-hydrogen) atoms. The highest BCUT2D eigenvalue weighted by molar-refractivity contribution is 6.31. The lowest BCUT2D eigenvalue weighted by Crippen LogP contribution is -2.50. The van der Waals surface area contributed by atoms with Crippen LogP contribution in [0.5, 0.6) is 0 Å². The van der Waals surface area contributed by atoms with Gasteiger partial charge in [-0.3, -0.25) is 14.7 Å². The molecule has 2 bridgehead atoms. The number of pyridine rings is 1. The molecule has 3 heterocycles. The van der Waals surface area contributed by atoms with Gasteiger partial charge in [0.2, 0.25) is 5.91 Å². The van der Waals surface area contributed by atoms with E-state index in [9.17, 15) is 4.79 Å². The van der Waals surface area contributed by atoms with Gasteiger partial charge in [-0.2, -0.15) is 0 Å². The number of amides is 1. The van der Waals surface area contributed by atoms with Crippen molar-refractivity contribution in [1.29, 1.82) is 0 Å². The van der Waals surface area contributed by atoms with E-state index in [0.717, 1.165) is 36.1 Å². The van der Waals surface area contributed by atoms with Crippen molar-refractivity contribution in [2.24, 2.45) is 0 Å². The van der Waals surface area contributed by atoms with Crippen molar-refractivity contribution in [2.75, 3.05) is 11.4 Å². The average molecular weight is 364 g/mol. The molecule has 130 valence electrons. The number of likely N-dealkylation sites (tertiary alicyclic amines) is 1. The maximum absolute atomic E-state index is 13.0. The minimum absolute atomic E-state index is 0.0575. The predicted molar refractivity (Wildman–Crippen MR) is 103 cm³/mol. The Labute approximate surface area is 157 Å². The predicted octanol–water partition coefficient (Wildman–Crippen LogP) is 3.88. The van der Waals surface area contributed by atoms with Crippen molar-refractivity contribution in [2.45, 2.75) is 25.0 Å². The lowest BCUT2D eigenvalue weighted by Gasteiger charge is -2.34. The quantitative estimate of drug-likeness (QED) is 0.708. The van der Waals surface area contributed by atoms with E-state index in [1.54, 1.807) is 0 Å². The molecule has 2 saturated heterocycles. The highest BCUT2D eigenvalue weighted by Crippen LogP contribution is 2.37. The van der Waals surface area contributed by atoms with E-state index in [1.807, 2.05) is 41.4 Å². The van der Waals surface area contributed by atoms with Crippen molar-refractivity contribution in [3.63, 3.8) is 0 Å². The molecule has 0 saturated carbocycles. The van der Waals surface area contributed by atoms with E-state index in [-0.39, 0.29) is 18.0 Å². The molecule has 2 atom stereocenters. The number of halogens is 1. The summed E-state index contributed by atoms with van der Waals surface area (Å²) in [6, 6.07) is 18.0. The molecule has 5 rings (SSSR count). The van der Waals surface area contributed by atoms with Crippen LogP contribution in [0.25, 0.3) is 10.9 Å². The number of piperazine rings is 1. The Morgan fingerprint density at radius 3 is 2.81 bits per heavy atom. The first-order chi connectivity index (χ1) is 12.7. The van der Waals surface area contributed by atoms with Crippen molar-refractivity contribution in [1.82, 2.24) is 9.88 Å². The number of nitrogens with zero attached hydrogens (tertiary/aromatic N) is 3. The van der Waals surface area contributed by atoms with Crippen LogP contribution in [0.3, 0.4) is 0 Å². The van der Waals surface area contributed by atoms with E-state index in [4.69, 9.17) is 11.6 Å². The molecular weight excluding hydrogens is 346 g/mol. The van der Waals surface area contributed by atoms with Gasteiger partial charge in [0.1, 0.15) is 0 Å². The van der Waals surface area contributed by atoms with Gasteiger partial charge in [-0.15, -0.1) is 0 Å². The molecule has 0 unspecified atom stereocenters. The van der Waals surface area contributed by atoms with Crippen molar-refractivity contribution >= 4 is 34.1 Å². The smallest absolute Gasteiger partial charge is 0.244 e. The SMILES string of the molecule is O=C1[C@@H]2C[C@@H](CN2Cc2cccc3cccnc23)N1c1cccc(Cl)c1. The minimum Gasteiger partial charge on any atom is -0.307 e. The summed E-state index contributed by atoms with van der Waals surface area (Å²) in [6.45, 7) is 1.64. The number of fused-ring (bicyclic) bond motifs is 3. The number of hydrogen-bond donors (Lipinski definition) is 0. The van der Waals surface area contributed by atoms with E-state index in [0.29, 0.717) is 5.02 Å². The average Bonchev–Trinajstić information content (AvgIpc) is 3.19. The van der Waals surface area contributed by atoms with Crippen molar-refractivity contribution < 1.29 is 4.79 Å². The van der Waals surface area contributed by atoms with Crippen LogP contribution in [0.15, 0.2) is 60.8 Å². The number of carbonyl (C=O) groups is 1. The maximum atomic E-state index is 13.0. The molecule has 0 radical (unpaired) electrons. The molecule has 2 aliphatic heterocycles. The van der Waals surface area contributed by atoms with Gasteiger partial charge in [-0.25, -0.2) is 0 Å². The topological polar surface area (TPSA) is 36.4 Å². The van der Waals surface area contributed by atoms with Crippen LogP contribution in [0, 0.1) is 0 Å². The molecule has 2 fully saturated rings. The number of aromatic nitrogens is 1. The second-order valence-electron chi connectivity index (χ2n) is 7.02. The minimum atomic E-state index is -0.0575. The fourth-order valence-electron chi connectivity index (χ4n) is 4.32. The molecule has 1 amide bonds. The Morgan fingerprint density at radius 1 is 1.12 bits per heavy atom. The molecule has 2 aliphatic rings. The lowest BCUT2D eigenvalue weighted by atomic mass is 10.1. The van der Waals surface area contributed by atoms with E-state index >= 15 is 0 Å². The van der Waals surface area contributed by atoms with Crippen LogP contribution in [-0.2, 0) is 11.3 Å². The summed E-state index contributed by atoms with van der Waals surface area (Å²) in [5.41, 5.74) is 3.11. The normalized spacial score (nSPS) is 22.5. The van der Waals surface area contributed by atoms with Gasteiger partial charge in [0.25, 0.3) is 0 Å². The Hall–Kier alpha value is -2.43. The number of rotatable bonds is 3. The second-order valence-corrected chi connectivity index (χ2v) is 7.45. The second kappa shape index (κ2) is 6.08. The molecule has 2 aromatic carbocycles. The summed E-state index contributed by atoms with van der Waals surface area (Å²) in [7, 11) is 0. The highest BCUT2D eigenvalue weighted by atomic mass is 35.5. The van der Waals surface area contributed by atoms with E-state index in [1.165, 1.54) is 5.56 Å². The van der Waals surface area contributed by atoms with Gasteiger partial charge in [0, 0.05) is 35.4 Å². The lowest BCUT2D eigenvalue weighted by molar-refractivity contribution is -0.122. The number of carbonyl (C=O) groups excluding carboxylic acids is 1. The standard InChI is InChI=1S/C21H18ClN3O/c22-16-7-2-8-17(10-16)25-18-11-19(21(25)26)24(13-18)12-15-5-1-4-14-6-3-9-23-20(14)15/h1-10,18-19H,11-13H2/t18-,19-/m0/s1. The van der Waals surface area contributed by atoms with Crippen molar-refractivity contribution in [3.8, 4) is 0 Å². The van der Waals surface area contributed by atoms with Gasteiger partial charge in [-0.1, -0.05) is 41.9 Å². The monoisotopic (exact) mass is 363 g/mol. The summed E-state index contributed by atoms with van der Waals surface area (Å²) in [5, 5.41) is 1.80. The fraction of sp³-hybridized carbons (Fsp3) is 0.238. The Kier molecular flexibility index (Phi) is 3.69. The molecule has 4 nitrogen and oxygen atoms in total. The number of hydrogen-bond acceptors (Lipinski definition) is 3. The molecule has 0 spiro atoms. The molecule has 3 aromatic rings. The van der Waals surface area contributed by atoms with Crippen LogP contribution in [0.4, 0.5) is 5.69 Å². The molecular formula is C21H18ClN3O. The Balaban J connectivity index is 1.40. The summed E-state index contributed by atoms with van der Waals surface area (Å²) in [4.78, 5) is 21.7. The van der Waals surface area contributed by atoms with Gasteiger partial charge in [0.05, 0.1) is 17.6 Å². The van der Waals surface area contributed by atoms with Gasteiger partial charge >= 0.3 is 0 Å². The first-order valence-electron chi connectivity index (χ1n) is 8.86. The summed E-state index contributed by atoms with van der Waals surface area (Å²) in [5.74, 6) is 0.178. The van der Waals surface area contributed by atoms with Crippen LogP contribution in [-0.4, -0.2) is 34.4 Å². The Morgan fingerprint density at radius 2 is 1.96 bits per heavy atom. The fourth-order valence-corrected chi connectivity index (χ4v) is 4.50. The summed E-state index contributed by atoms with van der Waals surface area (Å²) < 4.78 is 0. The third-order valence-electron chi connectivity index (χ3n) is 5.45. The zero-order chi connectivity index (χ0) is 17.7. The molecule has 5 heteroatoms.